The van der Waals surface area contributed by atoms with Crippen molar-refractivity contribution < 1.29 is 0 Å². The van der Waals surface area contributed by atoms with Gasteiger partial charge in [-0.15, -0.1) is 11.3 Å². The minimum Gasteiger partial charge on any atom is -0.319 e. The highest BCUT2D eigenvalue weighted by Crippen LogP contribution is 2.48. The molecule has 0 atom stereocenters. The van der Waals surface area contributed by atoms with Gasteiger partial charge in [-0.25, -0.2) is 0 Å². The van der Waals surface area contributed by atoms with Crippen LogP contribution in [0.15, 0.2) is 15.9 Å². The lowest BCUT2D eigenvalue weighted by Crippen LogP contribution is -2.21. The maximum Gasteiger partial charge on any atom is 0.0285 e. The quantitative estimate of drug-likeness (QED) is 0.877. The molecule has 72 valence electrons. The summed E-state index contributed by atoms with van der Waals surface area (Å²) in [6.45, 7) is 1.17. The van der Waals surface area contributed by atoms with Crippen molar-refractivity contribution in [3.8, 4) is 0 Å². The Morgan fingerprint density at radius 2 is 2.38 bits per heavy atom. The van der Waals surface area contributed by atoms with E-state index in [1.165, 1.54) is 35.2 Å². The van der Waals surface area contributed by atoms with Crippen LogP contribution in [0.4, 0.5) is 0 Å². The Morgan fingerprint density at radius 1 is 1.62 bits per heavy atom. The number of thiophene rings is 1. The topological polar surface area (TPSA) is 12.0 Å². The maximum absolute atomic E-state index is 3.49. The van der Waals surface area contributed by atoms with Gasteiger partial charge < -0.3 is 5.32 Å². The van der Waals surface area contributed by atoms with Gasteiger partial charge in [-0.05, 0) is 53.7 Å². The summed E-state index contributed by atoms with van der Waals surface area (Å²) in [4.78, 5) is 1.51. The highest BCUT2D eigenvalue weighted by molar-refractivity contribution is 9.10. The van der Waals surface area contributed by atoms with E-state index in [1.54, 1.807) is 0 Å². The van der Waals surface area contributed by atoms with Crippen LogP contribution in [0.5, 0.6) is 0 Å². The summed E-state index contributed by atoms with van der Waals surface area (Å²) < 4.78 is 1.23. The smallest absolute Gasteiger partial charge is 0.0285 e. The van der Waals surface area contributed by atoms with E-state index < -0.39 is 0 Å². The molecule has 1 fully saturated rings. The summed E-state index contributed by atoms with van der Waals surface area (Å²) in [7, 11) is 2.05. The van der Waals surface area contributed by atoms with Crippen molar-refractivity contribution >= 4 is 27.3 Å². The van der Waals surface area contributed by atoms with E-state index in [2.05, 4.69) is 32.7 Å². The van der Waals surface area contributed by atoms with Gasteiger partial charge >= 0.3 is 0 Å². The zero-order chi connectivity index (χ0) is 9.31. The first-order valence-corrected chi connectivity index (χ1v) is 6.29. The molecule has 0 bridgehead atoms. The molecule has 1 saturated carbocycles. The van der Waals surface area contributed by atoms with Crippen molar-refractivity contribution in [3.63, 3.8) is 0 Å². The second kappa shape index (κ2) is 3.71. The zero-order valence-corrected chi connectivity index (χ0v) is 10.2. The van der Waals surface area contributed by atoms with Crippen LogP contribution in [0.1, 0.15) is 17.7 Å². The van der Waals surface area contributed by atoms with Crippen molar-refractivity contribution in [1.29, 1.82) is 0 Å². The summed E-state index contributed by atoms with van der Waals surface area (Å²) in [5.41, 5.74) is 0.596. The van der Waals surface area contributed by atoms with Crippen LogP contribution < -0.4 is 5.32 Å². The van der Waals surface area contributed by atoms with Gasteiger partial charge in [-0.2, -0.15) is 0 Å². The first-order chi connectivity index (χ1) is 6.24. The van der Waals surface area contributed by atoms with Crippen LogP contribution in [0, 0.1) is 5.41 Å². The molecule has 1 aliphatic rings. The number of halogens is 1. The highest BCUT2D eigenvalue weighted by atomic mass is 79.9. The van der Waals surface area contributed by atoms with E-state index in [0.717, 1.165) is 0 Å². The minimum absolute atomic E-state index is 0.596. The average Bonchev–Trinajstić information content (AvgIpc) is 2.70. The fraction of sp³-hybridized carbons (Fsp3) is 0.600. The number of nitrogens with one attached hydrogen (secondary N) is 1. The van der Waals surface area contributed by atoms with Gasteiger partial charge in [-0.1, -0.05) is 0 Å². The SMILES string of the molecule is CNCC1(Cc2cc(Br)cs2)CC1. The van der Waals surface area contributed by atoms with Crippen LogP contribution in [0.2, 0.25) is 0 Å². The van der Waals surface area contributed by atoms with Gasteiger partial charge in [0, 0.05) is 21.3 Å². The van der Waals surface area contributed by atoms with Crippen molar-refractivity contribution in [2.24, 2.45) is 5.41 Å². The highest BCUT2D eigenvalue weighted by Gasteiger charge is 2.41. The van der Waals surface area contributed by atoms with E-state index in [1.807, 2.05) is 18.4 Å². The standard InChI is InChI=1S/C10H14BrNS/c1-12-7-10(2-3-10)5-9-4-8(11)6-13-9/h4,6,12H,2-3,5,7H2,1H3. The lowest BCUT2D eigenvalue weighted by Gasteiger charge is -2.12. The summed E-state index contributed by atoms with van der Waals surface area (Å²) in [5.74, 6) is 0. The lowest BCUT2D eigenvalue weighted by molar-refractivity contribution is 0.482. The summed E-state index contributed by atoms with van der Waals surface area (Å²) in [6, 6.07) is 2.25. The molecular weight excluding hydrogens is 246 g/mol. The number of hydrogen-bond acceptors (Lipinski definition) is 2. The Hall–Kier alpha value is 0.140. The predicted molar refractivity (Wildman–Crippen MR) is 61.3 cm³/mol. The molecule has 1 nitrogen and oxygen atoms in total. The summed E-state index contributed by atoms with van der Waals surface area (Å²) >= 11 is 5.36. The fourth-order valence-electron chi connectivity index (χ4n) is 1.78. The van der Waals surface area contributed by atoms with Gasteiger partial charge in [0.2, 0.25) is 0 Å². The van der Waals surface area contributed by atoms with Crippen LogP contribution in [0.25, 0.3) is 0 Å². The van der Waals surface area contributed by atoms with Crippen molar-refractivity contribution in [3.05, 3.63) is 20.8 Å². The molecule has 0 aliphatic heterocycles. The molecule has 1 aromatic rings. The molecular formula is C10H14BrNS. The minimum atomic E-state index is 0.596. The van der Waals surface area contributed by atoms with E-state index in [0.29, 0.717) is 5.41 Å². The number of hydrogen-bond donors (Lipinski definition) is 1. The molecule has 13 heavy (non-hydrogen) atoms. The molecule has 0 aromatic carbocycles. The van der Waals surface area contributed by atoms with Gasteiger partial charge in [0.1, 0.15) is 0 Å². The monoisotopic (exact) mass is 259 g/mol. The first kappa shape index (κ1) is 9.69. The molecule has 1 aliphatic carbocycles. The molecule has 3 heteroatoms. The van der Waals surface area contributed by atoms with Crippen molar-refractivity contribution in [2.45, 2.75) is 19.3 Å². The molecule has 1 aromatic heterocycles. The summed E-state index contributed by atoms with van der Waals surface area (Å²) in [5, 5.41) is 5.46. The largest absolute Gasteiger partial charge is 0.319 e. The van der Waals surface area contributed by atoms with Crippen LogP contribution >= 0.6 is 27.3 Å². The number of rotatable bonds is 4. The van der Waals surface area contributed by atoms with Crippen LogP contribution in [-0.2, 0) is 6.42 Å². The van der Waals surface area contributed by atoms with Gasteiger partial charge in [-0.3, -0.25) is 0 Å². The lowest BCUT2D eigenvalue weighted by atomic mass is 10.0. The maximum atomic E-state index is 3.49. The molecule has 0 unspecified atom stereocenters. The van der Waals surface area contributed by atoms with E-state index >= 15 is 0 Å². The fourth-order valence-corrected chi connectivity index (χ4v) is 3.41. The molecule has 1 N–H and O–H groups in total. The van der Waals surface area contributed by atoms with Gasteiger partial charge in [0.15, 0.2) is 0 Å². The zero-order valence-electron chi connectivity index (χ0n) is 7.77. The first-order valence-electron chi connectivity index (χ1n) is 4.62. The second-order valence-corrected chi connectivity index (χ2v) is 5.85. The molecule has 0 amide bonds. The van der Waals surface area contributed by atoms with Crippen LogP contribution in [-0.4, -0.2) is 13.6 Å². The Bertz CT molecular complexity index is 291. The van der Waals surface area contributed by atoms with E-state index in [-0.39, 0.29) is 0 Å². The van der Waals surface area contributed by atoms with Crippen molar-refractivity contribution in [2.75, 3.05) is 13.6 Å². The van der Waals surface area contributed by atoms with Crippen LogP contribution in [0.3, 0.4) is 0 Å². The Morgan fingerprint density at radius 3 is 2.85 bits per heavy atom. The van der Waals surface area contributed by atoms with E-state index in [9.17, 15) is 0 Å². The van der Waals surface area contributed by atoms with Gasteiger partial charge in [0.25, 0.3) is 0 Å². The Balaban J connectivity index is 1.98. The third-order valence-corrected chi connectivity index (χ3v) is 4.38. The summed E-state index contributed by atoms with van der Waals surface area (Å²) in [6.07, 6.45) is 4.04. The molecule has 2 rings (SSSR count). The Kier molecular flexibility index (Phi) is 2.77. The Labute approximate surface area is 91.7 Å². The molecule has 0 spiro atoms. The molecule has 0 saturated heterocycles. The predicted octanol–water partition coefficient (Wildman–Crippen LogP) is 3.05. The molecule has 1 heterocycles. The second-order valence-electron chi connectivity index (χ2n) is 3.94. The third kappa shape index (κ3) is 2.33. The van der Waals surface area contributed by atoms with Gasteiger partial charge in [0.05, 0.1) is 0 Å². The van der Waals surface area contributed by atoms with E-state index in [4.69, 9.17) is 0 Å². The molecule has 0 radical (unpaired) electrons. The van der Waals surface area contributed by atoms with Crippen molar-refractivity contribution in [1.82, 2.24) is 5.32 Å². The average molecular weight is 260 g/mol. The third-order valence-electron chi connectivity index (χ3n) is 2.68. The normalized spacial score (nSPS) is 18.9.